The lowest BCUT2D eigenvalue weighted by Crippen LogP contribution is -2.67. The monoisotopic (exact) mass is 345 g/mol. The molecule has 4 aliphatic carbocycles. The number of nitrogens with one attached hydrogen (secondary N) is 1. The predicted octanol–water partition coefficient (Wildman–Crippen LogP) is 3.36. The van der Waals surface area contributed by atoms with Crippen molar-refractivity contribution in [2.24, 2.45) is 11.3 Å². The Morgan fingerprint density at radius 1 is 1.12 bits per heavy atom. The first-order valence-corrected chi connectivity index (χ1v) is 8.44. The molecule has 3 atom stereocenters. The van der Waals surface area contributed by atoms with Crippen molar-refractivity contribution in [3.05, 3.63) is 0 Å². The molecule has 0 aromatic heterocycles. The second-order valence-electron chi connectivity index (χ2n) is 9.09. The van der Waals surface area contributed by atoms with Crippen molar-refractivity contribution >= 4 is 12.1 Å². The second kappa shape index (κ2) is 5.05. The van der Waals surface area contributed by atoms with Gasteiger partial charge in [-0.15, -0.1) is 0 Å². The number of hydrogen-bond acceptors (Lipinski definition) is 3. The van der Waals surface area contributed by atoms with E-state index in [1.807, 2.05) is 0 Å². The third kappa shape index (κ3) is 3.09. The molecule has 4 bridgehead atoms. The molecular formula is C17H25F2NO4. The van der Waals surface area contributed by atoms with E-state index in [2.05, 4.69) is 5.32 Å². The number of carboxylic acid groups (broad SMARTS) is 1. The van der Waals surface area contributed by atoms with Crippen LogP contribution in [0.25, 0.3) is 0 Å². The molecule has 2 unspecified atom stereocenters. The van der Waals surface area contributed by atoms with Gasteiger partial charge in [0.05, 0.1) is 0 Å². The lowest BCUT2D eigenvalue weighted by Gasteiger charge is -2.62. The van der Waals surface area contributed by atoms with Gasteiger partial charge >= 0.3 is 12.1 Å². The molecule has 24 heavy (non-hydrogen) atoms. The van der Waals surface area contributed by atoms with Crippen molar-refractivity contribution in [1.29, 1.82) is 0 Å². The molecule has 0 radical (unpaired) electrons. The summed E-state index contributed by atoms with van der Waals surface area (Å²) in [6, 6.07) is -1.35. The van der Waals surface area contributed by atoms with E-state index in [9.17, 15) is 14.7 Å². The van der Waals surface area contributed by atoms with Gasteiger partial charge in [-0.05, 0) is 58.8 Å². The van der Waals surface area contributed by atoms with Crippen molar-refractivity contribution < 1.29 is 28.2 Å². The summed E-state index contributed by atoms with van der Waals surface area (Å²) >= 11 is 0. The standard InChI is InChI=1S/C17H25F2NO4/c1-14(2,3)24-13(23)20-11(12(21)22)15-4-10-5-16(18,7-15)9-17(19,6-10)8-15/h10-11H,4-9H2,1-3H3,(H,20,23)(H,21,22)/t10?,11-,15?,16?,17?/m1/s1. The Hall–Kier alpha value is -1.40. The van der Waals surface area contributed by atoms with Crippen molar-refractivity contribution in [2.45, 2.75) is 82.3 Å². The highest BCUT2D eigenvalue weighted by Crippen LogP contribution is 2.66. The van der Waals surface area contributed by atoms with Gasteiger partial charge < -0.3 is 15.2 Å². The first-order chi connectivity index (χ1) is 10.8. The predicted molar refractivity (Wildman–Crippen MR) is 82.1 cm³/mol. The molecular weight excluding hydrogens is 320 g/mol. The van der Waals surface area contributed by atoms with Crippen LogP contribution in [0.5, 0.6) is 0 Å². The molecule has 0 spiro atoms. The maximum absolute atomic E-state index is 15.0. The van der Waals surface area contributed by atoms with Crippen LogP contribution in [0.1, 0.15) is 59.3 Å². The Balaban J connectivity index is 1.86. The summed E-state index contributed by atoms with van der Waals surface area (Å²) in [5.74, 6) is -1.44. The number of hydrogen-bond donors (Lipinski definition) is 2. The summed E-state index contributed by atoms with van der Waals surface area (Å²) in [6.07, 6.45) is -0.0532. The largest absolute Gasteiger partial charge is 0.480 e. The topological polar surface area (TPSA) is 75.6 Å². The number of amides is 1. The number of rotatable bonds is 3. The zero-order valence-electron chi connectivity index (χ0n) is 14.3. The van der Waals surface area contributed by atoms with Gasteiger partial charge in [0.15, 0.2) is 0 Å². The zero-order chi connectivity index (χ0) is 18.0. The van der Waals surface area contributed by atoms with Crippen LogP contribution in [0, 0.1) is 11.3 Å². The Bertz CT molecular complexity index is 555. The smallest absolute Gasteiger partial charge is 0.408 e. The Morgan fingerprint density at radius 2 is 1.67 bits per heavy atom. The highest BCUT2D eigenvalue weighted by molar-refractivity contribution is 5.81. The summed E-state index contributed by atoms with van der Waals surface area (Å²) in [7, 11) is 0. The number of carbonyl (C=O) groups excluding carboxylic acids is 1. The quantitative estimate of drug-likeness (QED) is 0.822. The number of halogens is 2. The molecule has 7 heteroatoms. The van der Waals surface area contributed by atoms with Gasteiger partial charge in [-0.3, -0.25) is 0 Å². The van der Waals surface area contributed by atoms with Crippen LogP contribution in [-0.4, -0.2) is 40.1 Å². The third-order valence-electron chi connectivity index (χ3n) is 5.50. The van der Waals surface area contributed by atoms with E-state index in [0.717, 1.165) is 0 Å². The lowest BCUT2D eigenvalue weighted by molar-refractivity contribution is -0.191. The minimum Gasteiger partial charge on any atom is -0.480 e. The van der Waals surface area contributed by atoms with Crippen LogP contribution >= 0.6 is 0 Å². The summed E-state index contributed by atoms with van der Waals surface area (Å²) in [5.41, 5.74) is -5.21. The van der Waals surface area contributed by atoms with Crippen molar-refractivity contribution in [1.82, 2.24) is 5.32 Å². The first kappa shape index (κ1) is 17.4. The Morgan fingerprint density at radius 3 is 2.08 bits per heavy atom. The Labute approximate surface area is 140 Å². The molecule has 5 nitrogen and oxygen atoms in total. The van der Waals surface area contributed by atoms with Crippen LogP contribution in [-0.2, 0) is 9.53 Å². The molecule has 0 heterocycles. The molecule has 4 saturated carbocycles. The fourth-order valence-corrected chi connectivity index (χ4v) is 5.50. The van der Waals surface area contributed by atoms with Gasteiger partial charge in [0.1, 0.15) is 23.0 Å². The highest BCUT2D eigenvalue weighted by atomic mass is 19.2. The van der Waals surface area contributed by atoms with Gasteiger partial charge in [-0.1, -0.05) is 0 Å². The fourth-order valence-electron chi connectivity index (χ4n) is 5.50. The summed E-state index contributed by atoms with van der Waals surface area (Å²) in [4.78, 5) is 23.9. The maximum Gasteiger partial charge on any atom is 0.408 e. The normalized spacial score (nSPS) is 41.8. The molecule has 4 fully saturated rings. The van der Waals surface area contributed by atoms with E-state index in [1.165, 1.54) is 0 Å². The summed E-state index contributed by atoms with van der Waals surface area (Å²) in [5, 5.41) is 12.0. The molecule has 136 valence electrons. The van der Waals surface area contributed by atoms with Gasteiger partial charge in [0.2, 0.25) is 0 Å². The molecule has 4 rings (SSSR count). The lowest BCUT2D eigenvalue weighted by atomic mass is 9.45. The number of alkyl halides is 2. The average molecular weight is 345 g/mol. The Kier molecular flexibility index (Phi) is 3.67. The SMILES string of the molecule is CC(C)(C)OC(=O)N[C@H](C(=O)O)C12CC3CC(F)(CC(F)(C3)C1)C2. The average Bonchev–Trinajstić information content (AvgIpc) is 2.28. The van der Waals surface area contributed by atoms with E-state index in [4.69, 9.17) is 4.74 Å². The van der Waals surface area contributed by atoms with Crippen molar-refractivity contribution in [3.63, 3.8) is 0 Å². The summed E-state index contributed by atoms with van der Waals surface area (Å²) in [6.45, 7) is 5.00. The molecule has 0 saturated heterocycles. The number of aliphatic carboxylic acids is 1. The van der Waals surface area contributed by atoms with E-state index >= 15 is 8.78 Å². The first-order valence-electron chi connectivity index (χ1n) is 8.44. The number of alkyl carbamates (subject to hydrolysis) is 1. The maximum atomic E-state index is 15.0. The van der Waals surface area contributed by atoms with E-state index < -0.39 is 40.5 Å². The van der Waals surface area contributed by atoms with Gasteiger partial charge in [-0.25, -0.2) is 18.4 Å². The fraction of sp³-hybridized carbons (Fsp3) is 0.882. The van der Waals surface area contributed by atoms with Crippen molar-refractivity contribution in [2.75, 3.05) is 0 Å². The minimum atomic E-state index is -1.67. The molecule has 0 aromatic rings. The van der Waals surface area contributed by atoms with Gasteiger partial charge in [0.25, 0.3) is 0 Å². The molecule has 2 N–H and O–H groups in total. The van der Waals surface area contributed by atoms with Gasteiger partial charge in [0, 0.05) is 11.8 Å². The number of carbonyl (C=O) groups is 2. The van der Waals surface area contributed by atoms with Gasteiger partial charge in [-0.2, -0.15) is 0 Å². The van der Waals surface area contributed by atoms with Crippen LogP contribution < -0.4 is 5.32 Å². The zero-order valence-corrected chi connectivity index (χ0v) is 14.3. The molecule has 4 aliphatic rings. The summed E-state index contributed by atoms with van der Waals surface area (Å²) < 4.78 is 35.2. The highest BCUT2D eigenvalue weighted by Gasteiger charge is 2.67. The molecule has 0 aromatic carbocycles. The number of carboxylic acids is 1. The molecule has 1 amide bonds. The minimum absolute atomic E-state index is 0.0189. The number of ether oxygens (including phenoxy) is 1. The van der Waals surface area contributed by atoms with Crippen molar-refractivity contribution in [3.8, 4) is 0 Å². The van der Waals surface area contributed by atoms with Crippen LogP contribution in [0.15, 0.2) is 0 Å². The van der Waals surface area contributed by atoms with E-state index in [1.54, 1.807) is 20.8 Å². The van der Waals surface area contributed by atoms with Crippen LogP contribution in [0.4, 0.5) is 13.6 Å². The van der Waals surface area contributed by atoms with Crippen LogP contribution in [0.3, 0.4) is 0 Å². The second-order valence-corrected chi connectivity index (χ2v) is 9.09. The van der Waals surface area contributed by atoms with E-state index in [0.29, 0.717) is 19.3 Å². The molecule has 0 aliphatic heterocycles. The van der Waals surface area contributed by atoms with Crippen LogP contribution in [0.2, 0.25) is 0 Å². The van der Waals surface area contributed by atoms with E-state index in [-0.39, 0.29) is 25.2 Å². The third-order valence-corrected chi connectivity index (χ3v) is 5.50.